The number of rotatable bonds is 9. The molecular weight excluding hydrogens is 276 g/mol. The minimum absolute atomic E-state index is 0.134. The summed E-state index contributed by atoms with van der Waals surface area (Å²) in [4.78, 5) is 23.0. The minimum Gasteiger partial charge on any atom is -0.466 e. The Morgan fingerprint density at radius 1 is 1.00 bits per heavy atom. The number of ether oxygens (including phenoxy) is 1. The van der Waals surface area contributed by atoms with Crippen molar-refractivity contribution < 1.29 is 14.3 Å². The molecule has 0 N–H and O–H groups in total. The Bertz CT molecular complexity index is 426. The van der Waals surface area contributed by atoms with E-state index in [1.54, 1.807) is 31.2 Å². The van der Waals surface area contributed by atoms with Gasteiger partial charge in [0, 0.05) is 23.4 Å². The molecule has 0 heterocycles. The van der Waals surface area contributed by atoms with E-state index in [0.29, 0.717) is 30.0 Å². The van der Waals surface area contributed by atoms with Gasteiger partial charge in [0.05, 0.1) is 6.61 Å². The summed E-state index contributed by atoms with van der Waals surface area (Å²) in [7, 11) is 0. The fourth-order valence-electron chi connectivity index (χ4n) is 1.92. The standard InChI is InChI=1S/C16H21ClO3/c1-2-20-16(19)8-6-4-3-5-7-15(18)13-9-11-14(17)12-10-13/h9-12H,2-8H2,1H3. The highest BCUT2D eigenvalue weighted by molar-refractivity contribution is 6.30. The molecule has 0 bridgehead atoms. The zero-order valence-corrected chi connectivity index (χ0v) is 12.6. The Balaban J connectivity index is 2.10. The second-order valence-electron chi connectivity index (χ2n) is 4.65. The smallest absolute Gasteiger partial charge is 0.305 e. The van der Waals surface area contributed by atoms with Crippen molar-refractivity contribution in [1.82, 2.24) is 0 Å². The Kier molecular flexibility index (Phi) is 7.97. The van der Waals surface area contributed by atoms with Crippen LogP contribution in [-0.2, 0) is 9.53 Å². The maximum atomic E-state index is 11.9. The molecule has 0 amide bonds. The van der Waals surface area contributed by atoms with Crippen LogP contribution in [0.3, 0.4) is 0 Å². The van der Waals surface area contributed by atoms with E-state index in [-0.39, 0.29) is 11.8 Å². The van der Waals surface area contributed by atoms with Crippen LogP contribution in [0.1, 0.15) is 55.8 Å². The maximum Gasteiger partial charge on any atom is 0.305 e. The third-order valence-electron chi connectivity index (χ3n) is 3.01. The molecule has 1 rings (SSSR count). The molecule has 0 aliphatic heterocycles. The number of unbranched alkanes of at least 4 members (excludes halogenated alkanes) is 3. The van der Waals surface area contributed by atoms with Gasteiger partial charge in [-0.3, -0.25) is 9.59 Å². The first-order valence-electron chi connectivity index (χ1n) is 7.08. The molecule has 0 atom stereocenters. The molecule has 0 saturated carbocycles. The molecule has 0 aromatic heterocycles. The van der Waals surface area contributed by atoms with Crippen LogP contribution in [0.2, 0.25) is 5.02 Å². The van der Waals surface area contributed by atoms with Gasteiger partial charge < -0.3 is 4.74 Å². The van der Waals surface area contributed by atoms with Gasteiger partial charge in [-0.05, 0) is 44.0 Å². The lowest BCUT2D eigenvalue weighted by Crippen LogP contribution is -2.03. The largest absolute Gasteiger partial charge is 0.466 e. The number of carbonyl (C=O) groups is 2. The molecule has 0 unspecified atom stereocenters. The summed E-state index contributed by atoms with van der Waals surface area (Å²) in [5.74, 6) is 0.0109. The fraction of sp³-hybridized carbons (Fsp3) is 0.500. The van der Waals surface area contributed by atoms with Crippen LogP contribution >= 0.6 is 11.6 Å². The van der Waals surface area contributed by atoms with Crippen molar-refractivity contribution in [2.75, 3.05) is 6.61 Å². The maximum absolute atomic E-state index is 11.9. The number of halogens is 1. The molecule has 0 fully saturated rings. The predicted molar refractivity (Wildman–Crippen MR) is 80.1 cm³/mol. The van der Waals surface area contributed by atoms with Crippen molar-refractivity contribution in [3.63, 3.8) is 0 Å². The normalized spacial score (nSPS) is 10.3. The first kappa shape index (κ1) is 16.7. The molecule has 0 spiro atoms. The molecule has 110 valence electrons. The van der Waals surface area contributed by atoms with Crippen molar-refractivity contribution in [3.05, 3.63) is 34.9 Å². The monoisotopic (exact) mass is 296 g/mol. The highest BCUT2D eigenvalue weighted by Gasteiger charge is 2.05. The van der Waals surface area contributed by atoms with E-state index in [1.807, 2.05) is 0 Å². The summed E-state index contributed by atoms with van der Waals surface area (Å²) in [6.07, 6.45) is 4.60. The first-order chi connectivity index (χ1) is 9.63. The Morgan fingerprint density at radius 2 is 1.60 bits per heavy atom. The number of ketones is 1. The predicted octanol–water partition coefficient (Wildman–Crippen LogP) is 4.43. The average molecular weight is 297 g/mol. The van der Waals surface area contributed by atoms with E-state index in [2.05, 4.69) is 0 Å². The van der Waals surface area contributed by atoms with Crippen LogP contribution in [0, 0.1) is 0 Å². The first-order valence-corrected chi connectivity index (χ1v) is 7.45. The molecule has 3 nitrogen and oxygen atoms in total. The molecule has 1 aromatic carbocycles. The van der Waals surface area contributed by atoms with E-state index < -0.39 is 0 Å². The van der Waals surface area contributed by atoms with Gasteiger partial charge in [0.15, 0.2) is 5.78 Å². The van der Waals surface area contributed by atoms with E-state index in [1.165, 1.54) is 0 Å². The van der Waals surface area contributed by atoms with Crippen molar-refractivity contribution in [2.24, 2.45) is 0 Å². The van der Waals surface area contributed by atoms with Crippen LogP contribution in [-0.4, -0.2) is 18.4 Å². The van der Waals surface area contributed by atoms with Gasteiger partial charge in [0.1, 0.15) is 0 Å². The number of benzene rings is 1. The molecular formula is C16H21ClO3. The van der Waals surface area contributed by atoms with Crippen molar-refractivity contribution in [2.45, 2.75) is 45.4 Å². The lowest BCUT2D eigenvalue weighted by Gasteiger charge is -2.03. The molecule has 0 saturated heterocycles. The van der Waals surface area contributed by atoms with Crippen LogP contribution in [0.25, 0.3) is 0 Å². The van der Waals surface area contributed by atoms with Gasteiger partial charge in [-0.15, -0.1) is 0 Å². The molecule has 0 radical (unpaired) electrons. The van der Waals surface area contributed by atoms with Gasteiger partial charge in [-0.1, -0.05) is 24.4 Å². The summed E-state index contributed by atoms with van der Waals surface area (Å²) in [6.45, 7) is 2.24. The van der Waals surface area contributed by atoms with E-state index >= 15 is 0 Å². The molecule has 0 aliphatic rings. The van der Waals surface area contributed by atoms with Crippen LogP contribution in [0.5, 0.6) is 0 Å². The highest BCUT2D eigenvalue weighted by Crippen LogP contribution is 2.13. The third kappa shape index (κ3) is 6.71. The number of hydrogen-bond acceptors (Lipinski definition) is 3. The molecule has 1 aromatic rings. The van der Waals surface area contributed by atoms with Gasteiger partial charge in [0.2, 0.25) is 0 Å². The summed E-state index contributed by atoms with van der Waals surface area (Å²) < 4.78 is 4.85. The Labute approximate surface area is 125 Å². The Hall–Kier alpha value is -1.35. The van der Waals surface area contributed by atoms with Gasteiger partial charge in [-0.2, -0.15) is 0 Å². The third-order valence-corrected chi connectivity index (χ3v) is 3.26. The number of Topliss-reactive ketones (excluding diaryl/α,β-unsaturated/α-hetero) is 1. The van der Waals surface area contributed by atoms with Crippen molar-refractivity contribution in [3.8, 4) is 0 Å². The van der Waals surface area contributed by atoms with E-state index in [4.69, 9.17) is 16.3 Å². The SMILES string of the molecule is CCOC(=O)CCCCCCC(=O)c1ccc(Cl)cc1. The number of esters is 1. The van der Waals surface area contributed by atoms with Crippen molar-refractivity contribution >= 4 is 23.4 Å². The molecule has 4 heteroatoms. The van der Waals surface area contributed by atoms with E-state index in [0.717, 1.165) is 25.7 Å². The van der Waals surface area contributed by atoms with Crippen LogP contribution in [0.15, 0.2) is 24.3 Å². The van der Waals surface area contributed by atoms with Gasteiger partial charge in [-0.25, -0.2) is 0 Å². The molecule has 0 aliphatic carbocycles. The zero-order chi connectivity index (χ0) is 14.8. The van der Waals surface area contributed by atoms with E-state index in [9.17, 15) is 9.59 Å². The second-order valence-corrected chi connectivity index (χ2v) is 5.09. The lowest BCUT2D eigenvalue weighted by atomic mass is 10.0. The summed E-state index contributed by atoms with van der Waals surface area (Å²) in [6, 6.07) is 6.97. The van der Waals surface area contributed by atoms with Crippen LogP contribution < -0.4 is 0 Å². The number of carbonyl (C=O) groups excluding carboxylic acids is 2. The lowest BCUT2D eigenvalue weighted by molar-refractivity contribution is -0.143. The van der Waals surface area contributed by atoms with Crippen LogP contribution in [0.4, 0.5) is 0 Å². The summed E-state index contributed by atoms with van der Waals surface area (Å²) in [5.41, 5.74) is 0.709. The Morgan fingerprint density at radius 3 is 2.20 bits per heavy atom. The summed E-state index contributed by atoms with van der Waals surface area (Å²) in [5, 5.41) is 0.639. The quantitative estimate of drug-likeness (QED) is 0.385. The van der Waals surface area contributed by atoms with Gasteiger partial charge >= 0.3 is 5.97 Å². The number of hydrogen-bond donors (Lipinski definition) is 0. The van der Waals surface area contributed by atoms with Crippen molar-refractivity contribution in [1.29, 1.82) is 0 Å². The topological polar surface area (TPSA) is 43.4 Å². The zero-order valence-electron chi connectivity index (χ0n) is 11.9. The summed E-state index contributed by atoms with van der Waals surface area (Å²) >= 11 is 5.78. The second kappa shape index (κ2) is 9.54. The molecule has 20 heavy (non-hydrogen) atoms. The average Bonchev–Trinajstić information content (AvgIpc) is 2.43. The van der Waals surface area contributed by atoms with Gasteiger partial charge in [0.25, 0.3) is 0 Å². The fourth-order valence-corrected chi connectivity index (χ4v) is 2.05. The minimum atomic E-state index is -0.134. The highest BCUT2D eigenvalue weighted by atomic mass is 35.5.